The summed E-state index contributed by atoms with van der Waals surface area (Å²) in [5, 5.41) is 32.1. The van der Waals surface area contributed by atoms with E-state index in [0.29, 0.717) is 16.7 Å². The molecule has 0 N–H and O–H groups in total. The van der Waals surface area contributed by atoms with Crippen LogP contribution in [-0.4, -0.2) is 37.7 Å². The number of hydrogen-bond donors (Lipinski definition) is 0. The number of carbonyl (C=O) groups excluding carboxylic acids is 3. The molecule has 0 unspecified atom stereocenters. The average Bonchev–Trinajstić information content (AvgIpc) is 2.77. The Morgan fingerprint density at radius 2 is 0.568 bits per heavy atom. The molecule has 0 fully saturated rings. The second-order valence-corrected chi connectivity index (χ2v) is 8.96. The minimum atomic E-state index is -1.09. The van der Waals surface area contributed by atoms with Crippen LogP contribution in [-0.2, 0) is 0 Å². The Balaban J connectivity index is 0.000000518. The molecule has 3 rings (SSSR count). The van der Waals surface area contributed by atoms with E-state index in [-0.39, 0.29) is 19.8 Å². The zero-order chi connectivity index (χ0) is 27.9. The minimum absolute atomic E-state index is 0. The number of carboxylic acid groups (broad SMARTS) is 3. The largest absolute Gasteiger partial charge is 3.00 e. The molecule has 0 atom stereocenters. The quantitative estimate of drug-likeness (QED) is 0.455. The second kappa shape index (κ2) is 14.4. The Labute approximate surface area is 232 Å². The topological polar surface area (TPSA) is 120 Å². The minimum Gasteiger partial charge on any atom is -0.545 e. The van der Waals surface area contributed by atoms with E-state index in [1.54, 1.807) is 59.7 Å². The van der Waals surface area contributed by atoms with Crippen molar-refractivity contribution in [3.8, 4) is 0 Å². The third-order valence-corrected chi connectivity index (χ3v) is 6.44. The fraction of sp³-hybridized carbons (Fsp3) is 0.300. The molecular formula is C30H33GaO6. The van der Waals surface area contributed by atoms with Gasteiger partial charge in [0.1, 0.15) is 0 Å². The summed E-state index contributed by atoms with van der Waals surface area (Å²) >= 11 is 0. The van der Waals surface area contributed by atoms with Crippen LogP contribution < -0.4 is 15.3 Å². The fourth-order valence-electron chi connectivity index (χ4n) is 3.80. The Morgan fingerprint density at radius 3 is 0.703 bits per heavy atom. The van der Waals surface area contributed by atoms with E-state index in [9.17, 15) is 29.7 Å². The first-order chi connectivity index (χ1) is 16.6. The molecule has 0 amide bonds. The number of hydrogen-bond acceptors (Lipinski definition) is 6. The van der Waals surface area contributed by atoms with Crippen molar-refractivity contribution in [3.05, 3.63) is 103 Å². The molecule has 0 spiro atoms. The molecule has 0 bridgehead atoms. The van der Waals surface area contributed by atoms with Crippen molar-refractivity contribution in [3.63, 3.8) is 0 Å². The summed E-state index contributed by atoms with van der Waals surface area (Å²) in [4.78, 5) is 32.1. The van der Waals surface area contributed by atoms with Crippen molar-refractivity contribution < 1.29 is 29.7 Å². The number of carboxylic acids is 3. The normalized spacial score (nSPS) is 9.65. The van der Waals surface area contributed by atoms with Gasteiger partial charge in [0.15, 0.2) is 0 Å². The maximum atomic E-state index is 10.7. The number of rotatable bonds is 3. The molecule has 37 heavy (non-hydrogen) atoms. The summed E-state index contributed by atoms with van der Waals surface area (Å²) in [5.74, 6) is -3.27. The zero-order valence-electron chi connectivity index (χ0n) is 23.0. The van der Waals surface area contributed by atoms with E-state index in [2.05, 4.69) is 0 Å². The van der Waals surface area contributed by atoms with E-state index >= 15 is 0 Å². The first-order valence-electron chi connectivity index (χ1n) is 11.5. The number of carbonyl (C=O) groups is 3. The molecule has 0 aliphatic rings. The molecular weight excluding hydrogens is 526 g/mol. The van der Waals surface area contributed by atoms with Crippen molar-refractivity contribution >= 4 is 37.7 Å². The van der Waals surface area contributed by atoms with Gasteiger partial charge in [-0.2, -0.15) is 0 Å². The van der Waals surface area contributed by atoms with Gasteiger partial charge in [-0.05, 0) is 112 Å². The summed E-state index contributed by atoms with van der Waals surface area (Å²) in [6.07, 6.45) is 0. The smallest absolute Gasteiger partial charge is 0.545 e. The van der Waals surface area contributed by atoms with Gasteiger partial charge in [-0.1, -0.05) is 36.4 Å². The molecule has 7 heteroatoms. The van der Waals surface area contributed by atoms with E-state index in [1.807, 2.05) is 39.0 Å². The van der Waals surface area contributed by atoms with E-state index in [4.69, 9.17) is 0 Å². The third kappa shape index (κ3) is 8.65. The monoisotopic (exact) mass is 558 g/mol. The van der Waals surface area contributed by atoms with Crippen LogP contribution in [0, 0.1) is 62.3 Å². The van der Waals surface area contributed by atoms with Crippen LogP contribution in [0.3, 0.4) is 0 Å². The first kappa shape index (κ1) is 33.7. The van der Waals surface area contributed by atoms with Crippen LogP contribution in [0.4, 0.5) is 0 Å². The van der Waals surface area contributed by atoms with Gasteiger partial charge < -0.3 is 29.7 Å². The third-order valence-electron chi connectivity index (χ3n) is 6.44. The zero-order valence-corrected chi connectivity index (χ0v) is 25.4. The van der Waals surface area contributed by atoms with Gasteiger partial charge in [0.2, 0.25) is 0 Å². The van der Waals surface area contributed by atoms with Gasteiger partial charge in [-0.25, -0.2) is 0 Å². The molecule has 3 aromatic rings. The van der Waals surface area contributed by atoms with Gasteiger partial charge in [-0.15, -0.1) is 0 Å². The van der Waals surface area contributed by atoms with Crippen molar-refractivity contribution in [2.24, 2.45) is 0 Å². The number of benzene rings is 3. The van der Waals surface area contributed by atoms with Crippen LogP contribution in [0.5, 0.6) is 0 Å². The Bertz CT molecular complexity index is 1150. The van der Waals surface area contributed by atoms with E-state index < -0.39 is 17.9 Å². The Morgan fingerprint density at radius 1 is 0.405 bits per heavy atom. The first-order valence-corrected chi connectivity index (χ1v) is 11.5. The molecule has 0 saturated carbocycles. The molecule has 0 aliphatic carbocycles. The summed E-state index contributed by atoms with van der Waals surface area (Å²) in [6.45, 7) is 16.4. The van der Waals surface area contributed by atoms with Crippen LogP contribution in [0.2, 0.25) is 0 Å². The predicted octanol–water partition coefficient (Wildman–Crippen LogP) is 2.55. The van der Waals surface area contributed by atoms with E-state index in [0.717, 1.165) is 50.1 Å². The molecule has 0 radical (unpaired) electrons. The van der Waals surface area contributed by atoms with E-state index in [1.165, 1.54) is 0 Å². The number of aryl methyl sites for hydroxylation is 6. The van der Waals surface area contributed by atoms with Gasteiger partial charge in [0.25, 0.3) is 0 Å². The molecule has 6 nitrogen and oxygen atoms in total. The summed E-state index contributed by atoms with van der Waals surface area (Å²) < 4.78 is 0. The molecule has 192 valence electrons. The van der Waals surface area contributed by atoms with Crippen LogP contribution in [0.15, 0.2) is 36.4 Å². The Hall–Kier alpha value is -3.29. The van der Waals surface area contributed by atoms with Gasteiger partial charge in [0, 0.05) is 16.7 Å². The fourth-order valence-corrected chi connectivity index (χ4v) is 3.80. The van der Waals surface area contributed by atoms with Crippen LogP contribution in [0.25, 0.3) is 0 Å². The Kier molecular flexibility index (Phi) is 13.2. The molecule has 0 heterocycles. The van der Waals surface area contributed by atoms with Gasteiger partial charge in [0.05, 0.1) is 17.9 Å². The molecule has 0 aromatic heterocycles. The average molecular weight is 559 g/mol. The maximum absolute atomic E-state index is 10.7. The molecule has 0 aliphatic heterocycles. The summed E-state index contributed by atoms with van der Waals surface area (Å²) in [5.41, 5.74) is 8.63. The van der Waals surface area contributed by atoms with Crippen molar-refractivity contribution in [2.45, 2.75) is 62.3 Å². The van der Waals surface area contributed by atoms with Crippen molar-refractivity contribution in [1.29, 1.82) is 0 Å². The summed E-state index contributed by atoms with van der Waals surface area (Å²) in [7, 11) is 0. The predicted molar refractivity (Wildman–Crippen MR) is 141 cm³/mol. The van der Waals surface area contributed by atoms with Gasteiger partial charge in [-0.3, -0.25) is 0 Å². The standard InChI is InChI=1S/3C10H12O2.Ga/c3*1-6-4-5-7(2)9(8(6)3)10(11)12;/h3*4-5H,1-3H3,(H,11,12);/q;;;+3/p-3. The van der Waals surface area contributed by atoms with Crippen LogP contribution >= 0.6 is 0 Å². The maximum Gasteiger partial charge on any atom is 3.00 e. The molecule has 3 aromatic carbocycles. The van der Waals surface area contributed by atoms with Crippen molar-refractivity contribution in [2.75, 3.05) is 0 Å². The SMILES string of the molecule is Cc1ccc(C)c(C(=O)[O-])c1C.Cc1ccc(C)c(C(=O)[O-])c1C.Cc1ccc(C)c(C(=O)[O-])c1C.[Ga+3]. The number of aromatic carboxylic acids is 3. The van der Waals surface area contributed by atoms with Crippen molar-refractivity contribution in [1.82, 2.24) is 0 Å². The van der Waals surface area contributed by atoms with Gasteiger partial charge >= 0.3 is 19.8 Å². The molecule has 0 saturated heterocycles. The van der Waals surface area contributed by atoms with Crippen LogP contribution in [0.1, 0.15) is 81.1 Å². The second-order valence-electron chi connectivity index (χ2n) is 8.96. The summed E-state index contributed by atoms with van der Waals surface area (Å²) in [6, 6.07) is 11.1.